The van der Waals surface area contributed by atoms with E-state index in [1.807, 2.05) is 0 Å². The summed E-state index contributed by atoms with van der Waals surface area (Å²) in [7, 11) is 0. The minimum absolute atomic E-state index is 0.369. The van der Waals surface area contributed by atoms with Gasteiger partial charge in [0, 0.05) is 19.6 Å². The minimum atomic E-state index is 0.369. The van der Waals surface area contributed by atoms with E-state index in [0.717, 1.165) is 6.42 Å². The van der Waals surface area contributed by atoms with Gasteiger partial charge in [0.2, 0.25) is 0 Å². The van der Waals surface area contributed by atoms with Crippen LogP contribution in [0.5, 0.6) is 0 Å². The molecular formula is C18H15BrIN. The first-order chi connectivity index (χ1) is 10.2. The lowest BCUT2D eigenvalue weighted by atomic mass is 9.77. The highest BCUT2D eigenvalue weighted by Crippen LogP contribution is 2.50. The highest BCUT2D eigenvalue weighted by atomic mass is 127. The molecule has 3 atom stereocenters. The molecule has 1 N–H and O–H groups in total. The van der Waals surface area contributed by atoms with Crippen molar-refractivity contribution in [3.05, 3.63) is 73.8 Å². The van der Waals surface area contributed by atoms with Crippen LogP contribution in [0.25, 0.3) is 0 Å². The van der Waals surface area contributed by atoms with E-state index < -0.39 is 0 Å². The summed E-state index contributed by atoms with van der Waals surface area (Å²) in [5, 5.41) is 3.78. The second-order valence-electron chi connectivity index (χ2n) is 5.73. The monoisotopic (exact) mass is 451 g/mol. The van der Waals surface area contributed by atoms with Crippen LogP contribution < -0.4 is 5.32 Å². The van der Waals surface area contributed by atoms with E-state index in [9.17, 15) is 0 Å². The number of benzene rings is 2. The van der Waals surface area contributed by atoms with Crippen LogP contribution in [0.15, 0.2) is 59.1 Å². The molecule has 2 aliphatic rings. The fourth-order valence-corrected chi connectivity index (χ4v) is 4.65. The molecule has 2 aromatic rings. The van der Waals surface area contributed by atoms with Gasteiger partial charge in [0.1, 0.15) is 0 Å². The molecule has 4 rings (SSSR count). The largest absolute Gasteiger partial charge is 0.378 e. The topological polar surface area (TPSA) is 12.0 Å². The van der Waals surface area contributed by atoms with Crippen molar-refractivity contribution in [2.75, 3.05) is 5.32 Å². The lowest BCUT2D eigenvalue weighted by molar-refractivity contribution is 0.424. The third-order valence-electron chi connectivity index (χ3n) is 4.57. The zero-order valence-electron chi connectivity index (χ0n) is 11.4. The van der Waals surface area contributed by atoms with Crippen molar-refractivity contribution in [2.45, 2.75) is 18.4 Å². The Labute approximate surface area is 147 Å². The van der Waals surface area contributed by atoms with Gasteiger partial charge >= 0.3 is 0 Å². The summed E-state index contributed by atoms with van der Waals surface area (Å²) >= 11 is 6.12. The molecule has 3 heteroatoms. The van der Waals surface area contributed by atoms with Gasteiger partial charge in [0.05, 0.1) is 6.04 Å². The van der Waals surface area contributed by atoms with Gasteiger partial charge in [0.25, 0.3) is 0 Å². The molecule has 0 spiro atoms. The van der Waals surface area contributed by atoms with Gasteiger partial charge in [-0.05, 0) is 70.3 Å². The van der Waals surface area contributed by atoms with Crippen LogP contribution in [0.2, 0.25) is 0 Å². The Kier molecular flexibility index (Phi) is 3.58. The van der Waals surface area contributed by atoms with Crippen molar-refractivity contribution < 1.29 is 0 Å². The molecule has 0 aromatic heterocycles. The molecule has 1 aliphatic heterocycles. The van der Waals surface area contributed by atoms with Gasteiger partial charge in [-0.15, -0.1) is 0 Å². The van der Waals surface area contributed by atoms with Crippen molar-refractivity contribution in [1.29, 1.82) is 0 Å². The first-order valence-corrected chi connectivity index (χ1v) is 9.08. The summed E-state index contributed by atoms with van der Waals surface area (Å²) in [6.07, 6.45) is 5.88. The third-order valence-corrected chi connectivity index (χ3v) is 5.96. The predicted octanol–water partition coefficient (Wildman–Crippen LogP) is 5.88. The summed E-state index contributed by atoms with van der Waals surface area (Å²) in [5.74, 6) is 1.14. The van der Waals surface area contributed by atoms with Crippen molar-refractivity contribution in [2.24, 2.45) is 5.92 Å². The molecule has 1 heterocycles. The number of nitrogens with one attached hydrogen (secondary N) is 1. The number of rotatable bonds is 1. The zero-order valence-corrected chi connectivity index (χ0v) is 15.1. The van der Waals surface area contributed by atoms with E-state index in [4.69, 9.17) is 0 Å². The van der Waals surface area contributed by atoms with Crippen LogP contribution in [0, 0.1) is 9.49 Å². The zero-order chi connectivity index (χ0) is 14.4. The molecular weight excluding hydrogens is 437 g/mol. The van der Waals surface area contributed by atoms with Crippen LogP contribution in [0.4, 0.5) is 5.69 Å². The van der Waals surface area contributed by atoms with Crippen molar-refractivity contribution in [3.8, 4) is 0 Å². The molecule has 0 bridgehead atoms. The Morgan fingerprint density at radius 2 is 1.95 bits per heavy atom. The Hall–Kier alpha value is -0.810. The van der Waals surface area contributed by atoms with Gasteiger partial charge in [-0.1, -0.05) is 46.3 Å². The number of fused-ring (bicyclic) bond motifs is 3. The maximum Gasteiger partial charge on any atom is 0.0565 e. The summed E-state index contributed by atoms with van der Waals surface area (Å²) in [6.45, 7) is 0. The van der Waals surface area contributed by atoms with Crippen LogP contribution >= 0.6 is 38.5 Å². The number of halogens is 2. The Morgan fingerprint density at radius 1 is 1.10 bits per heavy atom. The second kappa shape index (κ2) is 5.43. The molecule has 106 valence electrons. The lowest BCUT2D eigenvalue weighted by Gasteiger charge is -2.38. The molecule has 21 heavy (non-hydrogen) atoms. The van der Waals surface area contributed by atoms with Gasteiger partial charge in [-0.2, -0.15) is 0 Å². The molecule has 0 radical (unpaired) electrons. The van der Waals surface area contributed by atoms with E-state index in [1.165, 1.54) is 24.9 Å². The summed E-state index contributed by atoms with van der Waals surface area (Å²) in [6, 6.07) is 15.7. The Bertz CT molecular complexity index is 725. The maximum absolute atomic E-state index is 3.78. The molecule has 0 saturated heterocycles. The SMILES string of the molecule is Brc1ccccc1[C@@H]1Nc2ccc(I)cc2[C@H]2C=CC[C@H]21. The maximum atomic E-state index is 3.78. The molecule has 1 nitrogen and oxygen atoms in total. The number of anilines is 1. The minimum Gasteiger partial charge on any atom is -0.378 e. The Morgan fingerprint density at radius 3 is 2.81 bits per heavy atom. The van der Waals surface area contributed by atoms with Crippen LogP contribution in [-0.2, 0) is 0 Å². The Balaban J connectivity index is 1.82. The average molecular weight is 452 g/mol. The summed E-state index contributed by atoms with van der Waals surface area (Å²) < 4.78 is 2.51. The van der Waals surface area contributed by atoms with Gasteiger partial charge in [-0.3, -0.25) is 0 Å². The smallest absolute Gasteiger partial charge is 0.0565 e. The first-order valence-electron chi connectivity index (χ1n) is 7.21. The molecule has 1 aliphatic carbocycles. The van der Waals surface area contributed by atoms with Gasteiger partial charge in [0.15, 0.2) is 0 Å². The van der Waals surface area contributed by atoms with E-state index >= 15 is 0 Å². The van der Waals surface area contributed by atoms with Gasteiger partial charge < -0.3 is 5.32 Å². The standard InChI is InChI=1S/C18H15BrIN/c19-16-7-2-1-4-14(16)18-13-6-3-5-12(13)15-10-11(20)8-9-17(15)21-18/h1-5,7-10,12-13,18,21H,6H2/t12-,13+,18+/m0/s1. The van der Waals surface area contributed by atoms with Gasteiger partial charge in [-0.25, -0.2) is 0 Å². The lowest BCUT2D eigenvalue weighted by Crippen LogP contribution is -2.29. The third kappa shape index (κ3) is 2.34. The summed E-state index contributed by atoms with van der Waals surface area (Å²) in [4.78, 5) is 0. The van der Waals surface area contributed by atoms with E-state index in [2.05, 4.69) is 98.5 Å². The number of hydrogen-bond acceptors (Lipinski definition) is 1. The van der Waals surface area contributed by atoms with Crippen molar-refractivity contribution >= 4 is 44.2 Å². The molecule has 0 fully saturated rings. The van der Waals surface area contributed by atoms with Crippen molar-refractivity contribution in [3.63, 3.8) is 0 Å². The van der Waals surface area contributed by atoms with Crippen LogP contribution in [0.3, 0.4) is 0 Å². The van der Waals surface area contributed by atoms with E-state index in [0.29, 0.717) is 17.9 Å². The molecule has 0 unspecified atom stereocenters. The molecule has 2 aromatic carbocycles. The average Bonchev–Trinajstić information content (AvgIpc) is 2.97. The predicted molar refractivity (Wildman–Crippen MR) is 99.7 cm³/mol. The van der Waals surface area contributed by atoms with E-state index in [-0.39, 0.29) is 0 Å². The van der Waals surface area contributed by atoms with Crippen LogP contribution in [0.1, 0.15) is 29.5 Å². The second-order valence-corrected chi connectivity index (χ2v) is 7.83. The fraction of sp³-hybridized carbons (Fsp3) is 0.222. The van der Waals surface area contributed by atoms with Crippen molar-refractivity contribution in [1.82, 2.24) is 0 Å². The van der Waals surface area contributed by atoms with E-state index in [1.54, 1.807) is 0 Å². The quantitative estimate of drug-likeness (QED) is 0.421. The number of allylic oxidation sites excluding steroid dienone is 2. The summed E-state index contributed by atoms with van der Waals surface area (Å²) in [5.41, 5.74) is 4.09. The molecule has 0 saturated carbocycles. The highest BCUT2D eigenvalue weighted by Gasteiger charge is 2.38. The molecule has 0 amide bonds. The number of hydrogen-bond donors (Lipinski definition) is 1. The highest BCUT2D eigenvalue weighted by molar-refractivity contribution is 14.1. The normalized spacial score (nSPS) is 26.1. The van der Waals surface area contributed by atoms with Crippen LogP contribution in [-0.4, -0.2) is 0 Å². The first kappa shape index (κ1) is 13.8. The fourth-order valence-electron chi connectivity index (χ4n) is 3.60.